The minimum atomic E-state index is -4.71. The van der Waals surface area contributed by atoms with Crippen molar-refractivity contribution in [1.29, 1.82) is 0 Å². The monoisotopic (exact) mass is 455 g/mol. The van der Waals surface area contributed by atoms with Crippen molar-refractivity contribution in [3.8, 4) is 16.9 Å². The summed E-state index contributed by atoms with van der Waals surface area (Å²) >= 11 is 6.11. The number of nitrogens with one attached hydrogen (secondary N) is 1. The van der Waals surface area contributed by atoms with Crippen molar-refractivity contribution in [2.75, 3.05) is 0 Å². The first-order chi connectivity index (χ1) is 15.3. The van der Waals surface area contributed by atoms with Gasteiger partial charge in [0.05, 0.1) is 0 Å². The molecule has 0 spiro atoms. The van der Waals surface area contributed by atoms with Crippen LogP contribution in [0.15, 0.2) is 84.9 Å². The lowest BCUT2D eigenvalue weighted by atomic mass is 9.95. The Balaban J connectivity index is 1.62. The third-order valence-corrected chi connectivity index (χ3v) is 5.52. The average Bonchev–Trinajstić information content (AvgIpc) is 2.76. The van der Waals surface area contributed by atoms with Crippen molar-refractivity contribution >= 4 is 22.4 Å². The summed E-state index contributed by atoms with van der Waals surface area (Å²) in [6.45, 7) is 2.70. The van der Waals surface area contributed by atoms with Gasteiger partial charge in [-0.05, 0) is 76.3 Å². The second kappa shape index (κ2) is 9.23. The Morgan fingerprint density at radius 2 is 1.66 bits per heavy atom. The standard InChI is InChI=1S/C26H21ClF3NO/c1-17(20-6-4-7-22(27)15-20)31-16-18-13-21-5-2-3-8-24(21)25(14-18)19-9-11-23(12-10-19)32-26(28,29)30/h2-15,17,31H,16H2,1H3. The number of ether oxygens (including phenoxy) is 1. The fourth-order valence-electron chi connectivity index (χ4n) is 3.71. The molecule has 4 aromatic rings. The van der Waals surface area contributed by atoms with Crippen LogP contribution in [0, 0.1) is 0 Å². The topological polar surface area (TPSA) is 21.3 Å². The summed E-state index contributed by atoms with van der Waals surface area (Å²) in [6, 6.07) is 26.0. The van der Waals surface area contributed by atoms with E-state index in [0.717, 1.165) is 33.0 Å². The van der Waals surface area contributed by atoms with Crippen LogP contribution in [0.25, 0.3) is 21.9 Å². The molecule has 0 aromatic heterocycles. The minimum absolute atomic E-state index is 0.0995. The number of fused-ring (bicyclic) bond motifs is 1. The number of alkyl halides is 3. The highest BCUT2D eigenvalue weighted by atomic mass is 35.5. The molecule has 0 amide bonds. The zero-order valence-corrected chi connectivity index (χ0v) is 18.0. The van der Waals surface area contributed by atoms with E-state index in [1.807, 2.05) is 48.5 Å². The van der Waals surface area contributed by atoms with E-state index in [9.17, 15) is 13.2 Å². The van der Waals surface area contributed by atoms with E-state index in [2.05, 4.69) is 29.1 Å². The van der Waals surface area contributed by atoms with Crippen LogP contribution in [0.2, 0.25) is 5.02 Å². The van der Waals surface area contributed by atoms with Crippen molar-refractivity contribution in [3.05, 3.63) is 101 Å². The highest BCUT2D eigenvalue weighted by molar-refractivity contribution is 6.30. The average molecular weight is 456 g/mol. The van der Waals surface area contributed by atoms with Gasteiger partial charge in [0.25, 0.3) is 0 Å². The Morgan fingerprint density at radius 1 is 0.906 bits per heavy atom. The Hall–Kier alpha value is -3.02. The molecular weight excluding hydrogens is 435 g/mol. The summed E-state index contributed by atoms with van der Waals surface area (Å²) < 4.78 is 41.5. The van der Waals surface area contributed by atoms with E-state index in [1.54, 1.807) is 12.1 Å². The van der Waals surface area contributed by atoms with Crippen molar-refractivity contribution < 1.29 is 17.9 Å². The Bertz CT molecular complexity index is 1220. The molecule has 0 saturated carbocycles. The third kappa shape index (κ3) is 5.42. The zero-order valence-electron chi connectivity index (χ0n) is 17.3. The maximum absolute atomic E-state index is 12.5. The van der Waals surface area contributed by atoms with Crippen LogP contribution in [0.3, 0.4) is 0 Å². The summed E-state index contributed by atoms with van der Waals surface area (Å²) in [7, 11) is 0. The predicted octanol–water partition coefficient (Wildman–Crippen LogP) is 7.91. The van der Waals surface area contributed by atoms with Crippen LogP contribution in [0.1, 0.15) is 24.1 Å². The van der Waals surface area contributed by atoms with Gasteiger partial charge in [-0.15, -0.1) is 13.2 Å². The Labute approximate surface area is 189 Å². The molecule has 1 N–H and O–H groups in total. The molecule has 0 radical (unpaired) electrons. The molecule has 0 aliphatic heterocycles. The molecule has 6 heteroatoms. The highest BCUT2D eigenvalue weighted by Crippen LogP contribution is 2.32. The first-order valence-electron chi connectivity index (χ1n) is 10.2. The lowest BCUT2D eigenvalue weighted by Crippen LogP contribution is -2.18. The van der Waals surface area contributed by atoms with E-state index < -0.39 is 6.36 Å². The molecule has 1 unspecified atom stereocenters. The van der Waals surface area contributed by atoms with Gasteiger partial charge >= 0.3 is 6.36 Å². The second-order valence-electron chi connectivity index (χ2n) is 7.59. The fourth-order valence-corrected chi connectivity index (χ4v) is 3.91. The zero-order chi connectivity index (χ0) is 22.7. The molecule has 0 aliphatic carbocycles. The number of hydrogen-bond donors (Lipinski definition) is 1. The molecule has 0 aliphatic rings. The lowest BCUT2D eigenvalue weighted by Gasteiger charge is -2.16. The molecular formula is C26H21ClF3NO. The van der Waals surface area contributed by atoms with Crippen molar-refractivity contribution in [2.24, 2.45) is 0 Å². The molecule has 0 saturated heterocycles. The maximum Gasteiger partial charge on any atom is 0.573 e. The molecule has 4 rings (SSSR count). The van der Waals surface area contributed by atoms with Crippen molar-refractivity contribution in [2.45, 2.75) is 25.9 Å². The normalized spacial score (nSPS) is 12.7. The van der Waals surface area contributed by atoms with E-state index in [-0.39, 0.29) is 11.8 Å². The smallest absolute Gasteiger partial charge is 0.406 e. The fraction of sp³-hybridized carbons (Fsp3) is 0.154. The van der Waals surface area contributed by atoms with Gasteiger partial charge in [-0.3, -0.25) is 0 Å². The SMILES string of the molecule is CC(NCc1cc(-c2ccc(OC(F)(F)F)cc2)c2ccccc2c1)c1cccc(Cl)c1. The van der Waals surface area contributed by atoms with Crippen molar-refractivity contribution in [1.82, 2.24) is 5.32 Å². The first kappa shape index (κ1) is 22.2. The minimum Gasteiger partial charge on any atom is -0.406 e. The van der Waals surface area contributed by atoms with Gasteiger partial charge in [0.1, 0.15) is 5.75 Å². The predicted molar refractivity (Wildman–Crippen MR) is 123 cm³/mol. The number of benzene rings is 4. The Kier molecular flexibility index (Phi) is 6.40. The quantitative estimate of drug-likeness (QED) is 0.319. The summed E-state index contributed by atoms with van der Waals surface area (Å²) in [5.74, 6) is -0.237. The molecule has 2 nitrogen and oxygen atoms in total. The van der Waals surface area contributed by atoms with E-state index >= 15 is 0 Å². The van der Waals surface area contributed by atoms with Gasteiger partial charge in [-0.1, -0.05) is 60.1 Å². The number of halogens is 4. The third-order valence-electron chi connectivity index (χ3n) is 5.28. The van der Waals surface area contributed by atoms with Crippen LogP contribution < -0.4 is 10.1 Å². The van der Waals surface area contributed by atoms with Gasteiger partial charge in [-0.25, -0.2) is 0 Å². The molecule has 32 heavy (non-hydrogen) atoms. The number of hydrogen-bond acceptors (Lipinski definition) is 2. The molecule has 0 fully saturated rings. The highest BCUT2D eigenvalue weighted by Gasteiger charge is 2.31. The van der Waals surface area contributed by atoms with Crippen LogP contribution in [-0.4, -0.2) is 6.36 Å². The molecule has 164 valence electrons. The van der Waals surface area contributed by atoms with Crippen LogP contribution in [0.5, 0.6) is 5.75 Å². The largest absolute Gasteiger partial charge is 0.573 e. The van der Waals surface area contributed by atoms with Gasteiger partial charge in [0, 0.05) is 17.6 Å². The van der Waals surface area contributed by atoms with E-state index in [4.69, 9.17) is 11.6 Å². The second-order valence-corrected chi connectivity index (χ2v) is 8.03. The van der Waals surface area contributed by atoms with Gasteiger partial charge in [0.15, 0.2) is 0 Å². The van der Waals surface area contributed by atoms with Crippen LogP contribution in [-0.2, 0) is 6.54 Å². The maximum atomic E-state index is 12.5. The van der Waals surface area contributed by atoms with E-state index in [0.29, 0.717) is 11.6 Å². The van der Waals surface area contributed by atoms with Crippen LogP contribution >= 0.6 is 11.6 Å². The summed E-state index contributed by atoms with van der Waals surface area (Å²) in [6.07, 6.45) is -4.71. The molecule has 0 heterocycles. The van der Waals surface area contributed by atoms with Gasteiger partial charge in [-0.2, -0.15) is 0 Å². The number of rotatable bonds is 6. The molecule has 0 bridgehead atoms. The van der Waals surface area contributed by atoms with Gasteiger partial charge < -0.3 is 10.1 Å². The van der Waals surface area contributed by atoms with Crippen molar-refractivity contribution in [3.63, 3.8) is 0 Å². The Morgan fingerprint density at radius 3 is 2.38 bits per heavy atom. The van der Waals surface area contributed by atoms with E-state index in [1.165, 1.54) is 12.1 Å². The summed E-state index contributed by atoms with van der Waals surface area (Å²) in [5.41, 5.74) is 3.94. The van der Waals surface area contributed by atoms with Crippen LogP contribution in [0.4, 0.5) is 13.2 Å². The first-order valence-corrected chi connectivity index (χ1v) is 10.5. The molecule has 4 aromatic carbocycles. The molecule has 1 atom stereocenters. The van der Waals surface area contributed by atoms with Gasteiger partial charge in [0.2, 0.25) is 0 Å². The lowest BCUT2D eigenvalue weighted by molar-refractivity contribution is -0.274. The summed E-state index contributed by atoms with van der Waals surface area (Å²) in [4.78, 5) is 0. The summed E-state index contributed by atoms with van der Waals surface area (Å²) in [5, 5.41) is 6.31.